The maximum absolute atomic E-state index is 13.1. The molecular formula is C23H17Cl2N3O2S2. The number of aryl methyl sites for hydroxylation is 1. The minimum Gasteiger partial charge on any atom is -0.348 e. The number of benzene rings is 1. The fourth-order valence-electron chi connectivity index (χ4n) is 3.85. The van der Waals surface area contributed by atoms with E-state index < -0.39 is 0 Å². The molecule has 2 amide bonds. The molecule has 0 spiro atoms. The van der Waals surface area contributed by atoms with Crippen LogP contribution in [0.15, 0.2) is 42.7 Å². The first-order valence-corrected chi connectivity index (χ1v) is 12.4. The number of pyridine rings is 1. The van der Waals surface area contributed by atoms with Crippen molar-refractivity contribution in [3.63, 3.8) is 0 Å². The molecule has 0 bridgehead atoms. The molecule has 0 aliphatic heterocycles. The summed E-state index contributed by atoms with van der Waals surface area (Å²) in [5, 5.41) is 8.25. The molecule has 0 atom stereocenters. The Kier molecular flexibility index (Phi) is 5.90. The molecule has 9 heteroatoms. The second-order valence-electron chi connectivity index (χ2n) is 7.45. The number of halogens is 2. The maximum atomic E-state index is 13.1. The number of rotatable bonds is 5. The van der Waals surface area contributed by atoms with Gasteiger partial charge >= 0.3 is 0 Å². The molecule has 1 aliphatic rings. The molecule has 0 fully saturated rings. The molecule has 1 aromatic carbocycles. The highest BCUT2D eigenvalue weighted by Crippen LogP contribution is 2.41. The number of fused-ring (bicyclic) bond motifs is 2. The van der Waals surface area contributed by atoms with Gasteiger partial charge in [0.05, 0.1) is 10.6 Å². The van der Waals surface area contributed by atoms with Crippen LogP contribution in [0.3, 0.4) is 0 Å². The van der Waals surface area contributed by atoms with Crippen LogP contribution >= 0.6 is 45.9 Å². The van der Waals surface area contributed by atoms with Gasteiger partial charge in [-0.05, 0) is 48.6 Å². The molecular weight excluding hydrogens is 485 g/mol. The summed E-state index contributed by atoms with van der Waals surface area (Å²) < 4.78 is 0.843. The van der Waals surface area contributed by atoms with E-state index >= 15 is 0 Å². The maximum Gasteiger partial charge on any atom is 0.267 e. The Labute approximate surface area is 202 Å². The SMILES string of the molecule is O=C(Nc1sc2c(c1C(=O)NCc1cccnc1)CCC2)c1sc2cc(Cl)ccc2c1Cl. The van der Waals surface area contributed by atoms with Gasteiger partial charge in [0, 0.05) is 38.9 Å². The second kappa shape index (κ2) is 8.83. The molecule has 1 aliphatic carbocycles. The van der Waals surface area contributed by atoms with Crippen molar-refractivity contribution in [2.24, 2.45) is 0 Å². The predicted molar refractivity (Wildman–Crippen MR) is 132 cm³/mol. The van der Waals surface area contributed by atoms with Gasteiger partial charge in [0.15, 0.2) is 0 Å². The van der Waals surface area contributed by atoms with Crippen molar-refractivity contribution in [1.29, 1.82) is 0 Å². The molecule has 32 heavy (non-hydrogen) atoms. The number of carbonyl (C=O) groups excluding carboxylic acids is 2. The first kappa shape index (κ1) is 21.4. The van der Waals surface area contributed by atoms with Crippen LogP contribution in [0.5, 0.6) is 0 Å². The summed E-state index contributed by atoms with van der Waals surface area (Å²) in [5.74, 6) is -0.522. The highest BCUT2D eigenvalue weighted by atomic mass is 35.5. The Morgan fingerprint density at radius 2 is 1.97 bits per heavy atom. The Balaban J connectivity index is 1.42. The summed E-state index contributed by atoms with van der Waals surface area (Å²) in [6.45, 7) is 0.369. The van der Waals surface area contributed by atoms with E-state index in [2.05, 4.69) is 15.6 Å². The highest BCUT2D eigenvalue weighted by molar-refractivity contribution is 7.22. The van der Waals surface area contributed by atoms with Gasteiger partial charge in [0.25, 0.3) is 11.8 Å². The van der Waals surface area contributed by atoms with Gasteiger partial charge in [-0.25, -0.2) is 0 Å². The molecule has 0 unspecified atom stereocenters. The van der Waals surface area contributed by atoms with E-state index in [0.717, 1.165) is 45.4 Å². The molecule has 5 rings (SSSR count). The van der Waals surface area contributed by atoms with E-state index in [9.17, 15) is 9.59 Å². The van der Waals surface area contributed by atoms with Gasteiger partial charge < -0.3 is 10.6 Å². The van der Waals surface area contributed by atoms with E-state index in [1.165, 1.54) is 22.7 Å². The molecule has 0 radical (unpaired) electrons. The lowest BCUT2D eigenvalue weighted by molar-refractivity contribution is 0.0951. The Bertz CT molecular complexity index is 1350. The summed E-state index contributed by atoms with van der Waals surface area (Å²) >= 11 is 15.3. The lowest BCUT2D eigenvalue weighted by Crippen LogP contribution is -2.25. The summed E-state index contributed by atoms with van der Waals surface area (Å²) in [6, 6.07) is 9.09. The van der Waals surface area contributed by atoms with Crippen molar-refractivity contribution in [1.82, 2.24) is 10.3 Å². The monoisotopic (exact) mass is 501 g/mol. The van der Waals surface area contributed by atoms with Crippen LogP contribution in [0.4, 0.5) is 5.00 Å². The van der Waals surface area contributed by atoms with E-state index in [1.54, 1.807) is 24.5 Å². The van der Waals surface area contributed by atoms with Gasteiger partial charge in [0.1, 0.15) is 9.88 Å². The summed E-state index contributed by atoms with van der Waals surface area (Å²) in [4.78, 5) is 31.9. The van der Waals surface area contributed by atoms with Crippen LogP contribution in [0.2, 0.25) is 10.0 Å². The van der Waals surface area contributed by atoms with Gasteiger partial charge in [-0.15, -0.1) is 22.7 Å². The minimum atomic E-state index is -0.325. The number of nitrogens with one attached hydrogen (secondary N) is 2. The quantitative estimate of drug-likeness (QED) is 0.335. The fourth-order valence-corrected chi connectivity index (χ4v) is 6.82. The number of carbonyl (C=O) groups is 2. The van der Waals surface area contributed by atoms with Crippen molar-refractivity contribution in [2.45, 2.75) is 25.8 Å². The zero-order valence-electron chi connectivity index (χ0n) is 16.7. The molecule has 5 nitrogen and oxygen atoms in total. The third-order valence-corrected chi connectivity index (χ3v) is 8.45. The van der Waals surface area contributed by atoms with Crippen LogP contribution in [-0.4, -0.2) is 16.8 Å². The van der Waals surface area contributed by atoms with Crippen molar-refractivity contribution in [2.75, 3.05) is 5.32 Å². The lowest BCUT2D eigenvalue weighted by Gasteiger charge is -2.09. The number of nitrogens with zero attached hydrogens (tertiary/aromatic N) is 1. The fraction of sp³-hybridized carbons (Fsp3) is 0.174. The second-order valence-corrected chi connectivity index (χ2v) is 10.4. The summed E-state index contributed by atoms with van der Waals surface area (Å²) in [7, 11) is 0. The van der Waals surface area contributed by atoms with E-state index in [1.807, 2.05) is 18.2 Å². The van der Waals surface area contributed by atoms with Crippen LogP contribution in [0.1, 0.15) is 42.5 Å². The highest BCUT2D eigenvalue weighted by Gasteiger charge is 2.28. The Morgan fingerprint density at radius 3 is 2.78 bits per heavy atom. The van der Waals surface area contributed by atoms with Crippen molar-refractivity contribution in [3.05, 3.63) is 79.2 Å². The van der Waals surface area contributed by atoms with E-state index in [0.29, 0.717) is 32.0 Å². The average Bonchev–Trinajstić information content (AvgIpc) is 3.45. The lowest BCUT2D eigenvalue weighted by atomic mass is 10.1. The summed E-state index contributed by atoms with van der Waals surface area (Å²) in [6.07, 6.45) is 6.18. The third kappa shape index (κ3) is 4.01. The van der Waals surface area contributed by atoms with Gasteiger partial charge in [-0.2, -0.15) is 0 Å². The third-order valence-electron chi connectivity index (χ3n) is 5.35. The molecule has 3 heterocycles. The van der Waals surface area contributed by atoms with E-state index in [4.69, 9.17) is 23.2 Å². The molecule has 162 valence electrons. The van der Waals surface area contributed by atoms with Crippen LogP contribution in [0, 0.1) is 0 Å². The predicted octanol–water partition coefficient (Wildman–Crippen LogP) is 6.34. The van der Waals surface area contributed by atoms with Gasteiger partial charge in [0.2, 0.25) is 0 Å². The topological polar surface area (TPSA) is 71.1 Å². The van der Waals surface area contributed by atoms with Crippen molar-refractivity contribution >= 4 is 72.8 Å². The molecule has 0 saturated heterocycles. The molecule has 3 aromatic heterocycles. The van der Waals surface area contributed by atoms with Crippen molar-refractivity contribution in [3.8, 4) is 0 Å². The zero-order valence-corrected chi connectivity index (χ0v) is 19.9. The standard InChI is InChI=1S/C23H17Cl2N3O2S2/c24-13-6-7-15-17(9-13)31-20(19(15)25)22(30)28-23-18(14-4-1-5-16(14)32-23)21(29)27-11-12-3-2-8-26-10-12/h2-3,6-10H,1,4-5,11H2,(H,27,29)(H,28,30). The summed E-state index contributed by atoms with van der Waals surface area (Å²) in [5.41, 5.74) is 2.50. The molecule has 4 aromatic rings. The number of aromatic nitrogens is 1. The van der Waals surface area contributed by atoms with E-state index in [-0.39, 0.29) is 11.8 Å². The molecule has 2 N–H and O–H groups in total. The van der Waals surface area contributed by atoms with Gasteiger partial charge in [-0.3, -0.25) is 14.6 Å². The van der Waals surface area contributed by atoms with Crippen molar-refractivity contribution < 1.29 is 9.59 Å². The Morgan fingerprint density at radius 1 is 1.09 bits per heavy atom. The number of hydrogen-bond donors (Lipinski definition) is 2. The average molecular weight is 502 g/mol. The number of thiophene rings is 2. The van der Waals surface area contributed by atoms with Crippen LogP contribution < -0.4 is 10.6 Å². The van der Waals surface area contributed by atoms with Crippen LogP contribution in [0.25, 0.3) is 10.1 Å². The number of amides is 2. The van der Waals surface area contributed by atoms with Gasteiger partial charge in [-0.1, -0.05) is 35.3 Å². The largest absolute Gasteiger partial charge is 0.348 e. The number of hydrogen-bond acceptors (Lipinski definition) is 5. The zero-order chi connectivity index (χ0) is 22.2. The first-order chi connectivity index (χ1) is 15.5. The molecule has 0 saturated carbocycles. The number of anilines is 1. The Hall–Kier alpha value is -2.45. The smallest absolute Gasteiger partial charge is 0.267 e. The first-order valence-electron chi connectivity index (χ1n) is 10.0. The van der Waals surface area contributed by atoms with Crippen LogP contribution in [-0.2, 0) is 19.4 Å². The normalized spacial score (nSPS) is 12.7. The minimum absolute atomic E-state index is 0.197.